The van der Waals surface area contributed by atoms with Gasteiger partial charge in [0.25, 0.3) is 5.91 Å². The summed E-state index contributed by atoms with van der Waals surface area (Å²) in [6, 6.07) is 14.9. The highest BCUT2D eigenvalue weighted by Crippen LogP contribution is 2.21. The van der Waals surface area contributed by atoms with Crippen LogP contribution in [0, 0.1) is 20.8 Å². The van der Waals surface area contributed by atoms with Crippen LogP contribution in [0.15, 0.2) is 48.5 Å². The molecule has 0 aliphatic heterocycles. The van der Waals surface area contributed by atoms with Crippen molar-refractivity contribution in [3.63, 3.8) is 0 Å². The molecule has 6 nitrogen and oxygen atoms in total. The van der Waals surface area contributed by atoms with E-state index >= 15 is 0 Å². The Labute approximate surface area is 158 Å². The molecule has 1 heterocycles. The molecule has 1 amide bonds. The fourth-order valence-corrected chi connectivity index (χ4v) is 2.63. The maximum atomic E-state index is 12.6. The highest BCUT2D eigenvalue weighted by molar-refractivity contribution is 6.03. The molecule has 3 rings (SSSR count). The van der Waals surface area contributed by atoms with Crippen molar-refractivity contribution in [1.82, 2.24) is 9.97 Å². The standard InChI is InChI=1S/C21H22N4O2/c1-13-8-9-14(2)18(10-13)24-21-22-15(3)11-19(25-21)20(26)23-16-6-5-7-17(12-16)27-4/h5-12H,1-4H3,(H,23,26)(H,22,24,25). The zero-order chi connectivity index (χ0) is 19.4. The smallest absolute Gasteiger partial charge is 0.274 e. The normalized spacial score (nSPS) is 10.4. The Morgan fingerprint density at radius 3 is 2.59 bits per heavy atom. The highest BCUT2D eigenvalue weighted by atomic mass is 16.5. The predicted molar refractivity (Wildman–Crippen MR) is 107 cm³/mol. The summed E-state index contributed by atoms with van der Waals surface area (Å²) in [5.41, 5.74) is 4.76. The summed E-state index contributed by atoms with van der Waals surface area (Å²) in [6.45, 7) is 5.86. The molecule has 0 saturated carbocycles. The molecule has 0 radical (unpaired) electrons. The maximum Gasteiger partial charge on any atom is 0.274 e. The van der Waals surface area contributed by atoms with Gasteiger partial charge in [0, 0.05) is 23.1 Å². The van der Waals surface area contributed by atoms with Crippen LogP contribution in [0.5, 0.6) is 5.75 Å². The Morgan fingerprint density at radius 2 is 1.81 bits per heavy atom. The van der Waals surface area contributed by atoms with Crippen molar-refractivity contribution >= 4 is 23.2 Å². The van der Waals surface area contributed by atoms with Gasteiger partial charge in [0.1, 0.15) is 11.4 Å². The van der Waals surface area contributed by atoms with Crippen LogP contribution in [0.1, 0.15) is 27.3 Å². The van der Waals surface area contributed by atoms with Gasteiger partial charge in [-0.15, -0.1) is 0 Å². The fourth-order valence-electron chi connectivity index (χ4n) is 2.63. The van der Waals surface area contributed by atoms with Crippen molar-refractivity contribution in [2.75, 3.05) is 17.7 Å². The van der Waals surface area contributed by atoms with E-state index in [0.29, 0.717) is 23.1 Å². The number of rotatable bonds is 5. The molecule has 0 bridgehead atoms. The second-order valence-corrected chi connectivity index (χ2v) is 6.35. The Kier molecular flexibility index (Phi) is 5.35. The molecule has 0 unspecified atom stereocenters. The van der Waals surface area contributed by atoms with Crippen molar-refractivity contribution in [2.45, 2.75) is 20.8 Å². The molecule has 0 saturated heterocycles. The second kappa shape index (κ2) is 7.86. The van der Waals surface area contributed by atoms with Crippen LogP contribution in [0.4, 0.5) is 17.3 Å². The van der Waals surface area contributed by atoms with Crippen LogP contribution in [-0.4, -0.2) is 23.0 Å². The summed E-state index contributed by atoms with van der Waals surface area (Å²) in [5, 5.41) is 6.04. The molecular formula is C21H22N4O2. The lowest BCUT2D eigenvalue weighted by Crippen LogP contribution is -2.15. The third-order valence-corrected chi connectivity index (χ3v) is 4.05. The quantitative estimate of drug-likeness (QED) is 0.703. The number of anilines is 3. The zero-order valence-corrected chi connectivity index (χ0v) is 15.8. The van der Waals surface area contributed by atoms with Crippen LogP contribution in [0.2, 0.25) is 0 Å². The number of aryl methyl sites for hydroxylation is 3. The minimum Gasteiger partial charge on any atom is -0.497 e. The van der Waals surface area contributed by atoms with Crippen molar-refractivity contribution in [2.24, 2.45) is 0 Å². The van der Waals surface area contributed by atoms with E-state index in [1.165, 1.54) is 0 Å². The Hall–Kier alpha value is -3.41. The number of amides is 1. The minimum absolute atomic E-state index is 0.290. The molecule has 0 aliphatic carbocycles. The van der Waals surface area contributed by atoms with E-state index in [9.17, 15) is 4.79 Å². The summed E-state index contributed by atoms with van der Waals surface area (Å²) >= 11 is 0. The summed E-state index contributed by atoms with van der Waals surface area (Å²) in [5.74, 6) is 0.751. The van der Waals surface area contributed by atoms with Crippen molar-refractivity contribution in [1.29, 1.82) is 0 Å². The molecule has 0 aliphatic rings. The highest BCUT2D eigenvalue weighted by Gasteiger charge is 2.12. The van der Waals surface area contributed by atoms with Crippen LogP contribution in [0.25, 0.3) is 0 Å². The van der Waals surface area contributed by atoms with Crippen molar-refractivity contribution in [3.8, 4) is 5.75 Å². The summed E-state index contributed by atoms with van der Waals surface area (Å²) in [4.78, 5) is 21.4. The average molecular weight is 362 g/mol. The van der Waals surface area contributed by atoms with Gasteiger partial charge in [0.15, 0.2) is 0 Å². The number of carbonyl (C=O) groups is 1. The molecule has 2 N–H and O–H groups in total. The monoisotopic (exact) mass is 362 g/mol. The molecule has 2 aromatic carbocycles. The number of nitrogens with one attached hydrogen (secondary N) is 2. The Bertz CT molecular complexity index is 986. The number of benzene rings is 2. The number of carbonyl (C=O) groups excluding carboxylic acids is 1. The van der Waals surface area contributed by atoms with Crippen LogP contribution < -0.4 is 15.4 Å². The average Bonchev–Trinajstić information content (AvgIpc) is 2.64. The molecule has 27 heavy (non-hydrogen) atoms. The molecule has 0 fully saturated rings. The van der Waals surface area contributed by atoms with Crippen molar-refractivity contribution < 1.29 is 9.53 Å². The summed E-state index contributed by atoms with van der Waals surface area (Å²) < 4.78 is 5.18. The first-order chi connectivity index (χ1) is 12.9. The number of hydrogen-bond acceptors (Lipinski definition) is 5. The van der Waals surface area contributed by atoms with Gasteiger partial charge in [-0.2, -0.15) is 0 Å². The molecule has 3 aromatic rings. The van der Waals surface area contributed by atoms with Gasteiger partial charge in [-0.05, 0) is 56.2 Å². The molecule has 0 spiro atoms. The van der Waals surface area contributed by atoms with Gasteiger partial charge in [-0.25, -0.2) is 9.97 Å². The number of methoxy groups -OCH3 is 1. The lowest BCUT2D eigenvalue weighted by molar-refractivity contribution is 0.102. The van der Waals surface area contributed by atoms with E-state index in [1.54, 1.807) is 25.3 Å². The maximum absolute atomic E-state index is 12.6. The topological polar surface area (TPSA) is 76.1 Å². The van der Waals surface area contributed by atoms with Gasteiger partial charge in [-0.3, -0.25) is 4.79 Å². The molecule has 138 valence electrons. The number of ether oxygens (including phenoxy) is 1. The third-order valence-electron chi connectivity index (χ3n) is 4.05. The fraction of sp³-hybridized carbons (Fsp3) is 0.190. The van der Waals surface area contributed by atoms with Gasteiger partial charge in [-0.1, -0.05) is 18.2 Å². The lowest BCUT2D eigenvalue weighted by atomic mass is 10.1. The van der Waals surface area contributed by atoms with Crippen LogP contribution >= 0.6 is 0 Å². The van der Waals surface area contributed by atoms with Gasteiger partial charge >= 0.3 is 0 Å². The van der Waals surface area contributed by atoms with E-state index < -0.39 is 0 Å². The van der Waals surface area contributed by atoms with Crippen LogP contribution in [-0.2, 0) is 0 Å². The Morgan fingerprint density at radius 1 is 1.00 bits per heavy atom. The van der Waals surface area contributed by atoms with E-state index in [4.69, 9.17) is 4.74 Å². The van der Waals surface area contributed by atoms with E-state index in [1.807, 2.05) is 51.1 Å². The molecule has 0 atom stereocenters. The molecule has 1 aromatic heterocycles. The van der Waals surface area contributed by atoms with E-state index in [0.717, 1.165) is 16.8 Å². The molecular weight excluding hydrogens is 340 g/mol. The van der Waals surface area contributed by atoms with Gasteiger partial charge in [0.2, 0.25) is 5.95 Å². The Balaban J connectivity index is 1.84. The third kappa shape index (κ3) is 4.61. The first-order valence-electron chi connectivity index (χ1n) is 8.60. The number of hydrogen-bond donors (Lipinski definition) is 2. The zero-order valence-electron chi connectivity index (χ0n) is 15.8. The number of aromatic nitrogens is 2. The lowest BCUT2D eigenvalue weighted by Gasteiger charge is -2.11. The van der Waals surface area contributed by atoms with E-state index in [2.05, 4.69) is 20.6 Å². The largest absolute Gasteiger partial charge is 0.497 e. The minimum atomic E-state index is -0.308. The summed E-state index contributed by atoms with van der Waals surface area (Å²) in [6.07, 6.45) is 0. The summed E-state index contributed by atoms with van der Waals surface area (Å²) in [7, 11) is 1.58. The SMILES string of the molecule is COc1cccc(NC(=O)c2cc(C)nc(Nc3cc(C)ccc3C)n2)c1. The van der Waals surface area contributed by atoms with Gasteiger partial charge < -0.3 is 15.4 Å². The van der Waals surface area contributed by atoms with E-state index in [-0.39, 0.29) is 11.6 Å². The van der Waals surface area contributed by atoms with Crippen molar-refractivity contribution in [3.05, 3.63) is 71.0 Å². The first kappa shape index (κ1) is 18.4. The van der Waals surface area contributed by atoms with Gasteiger partial charge in [0.05, 0.1) is 7.11 Å². The number of nitrogens with zero attached hydrogens (tertiary/aromatic N) is 2. The molecule has 6 heteroatoms. The first-order valence-corrected chi connectivity index (χ1v) is 8.60. The second-order valence-electron chi connectivity index (χ2n) is 6.35. The predicted octanol–water partition coefficient (Wildman–Crippen LogP) is 4.41. The van der Waals surface area contributed by atoms with Crippen LogP contribution in [0.3, 0.4) is 0 Å².